The predicted molar refractivity (Wildman–Crippen MR) is 95.0 cm³/mol. The van der Waals surface area contributed by atoms with Crippen LogP contribution in [0.2, 0.25) is 0 Å². The molecule has 2 amide bonds. The van der Waals surface area contributed by atoms with Crippen LogP contribution in [0.15, 0.2) is 48.5 Å². The summed E-state index contributed by atoms with van der Waals surface area (Å²) in [6.45, 7) is 3.08. The molecule has 0 aliphatic heterocycles. The van der Waals surface area contributed by atoms with E-state index in [-0.39, 0.29) is 17.9 Å². The highest BCUT2D eigenvalue weighted by atomic mass is 19.1. The van der Waals surface area contributed by atoms with Crippen LogP contribution in [-0.4, -0.2) is 30.1 Å². The number of carbonyl (C=O) groups is 1. The Balaban J connectivity index is 1.50. The number of nitrogens with one attached hydrogen (secondary N) is 1. The Bertz CT molecular complexity index is 731. The minimum Gasteiger partial charge on any atom is -0.491 e. The molecule has 25 heavy (non-hydrogen) atoms. The molecule has 5 heteroatoms. The highest BCUT2D eigenvalue weighted by molar-refractivity contribution is 5.75. The maximum Gasteiger partial charge on any atom is 0.318 e. The highest BCUT2D eigenvalue weighted by Crippen LogP contribution is 2.28. The Morgan fingerprint density at radius 3 is 2.64 bits per heavy atom. The van der Waals surface area contributed by atoms with Crippen LogP contribution in [0.1, 0.15) is 24.0 Å². The first kappa shape index (κ1) is 17.3. The lowest BCUT2D eigenvalue weighted by molar-refractivity contribution is 0.188. The molecular formula is C20H23FN2O2. The molecule has 4 nitrogen and oxygen atoms in total. The van der Waals surface area contributed by atoms with Gasteiger partial charge in [-0.2, -0.15) is 0 Å². The number of nitrogens with zero attached hydrogens (tertiary/aromatic N) is 1. The van der Waals surface area contributed by atoms with Crippen molar-refractivity contribution in [2.24, 2.45) is 0 Å². The maximum absolute atomic E-state index is 13.9. The summed E-state index contributed by atoms with van der Waals surface area (Å²) >= 11 is 0. The molecular weight excluding hydrogens is 319 g/mol. The van der Waals surface area contributed by atoms with Gasteiger partial charge in [0.25, 0.3) is 0 Å². The summed E-state index contributed by atoms with van der Waals surface area (Å²) in [5.41, 5.74) is 1.61. The normalized spacial score (nSPS) is 13.4. The van der Waals surface area contributed by atoms with Crippen LogP contribution >= 0.6 is 0 Å². The molecule has 0 saturated heterocycles. The van der Waals surface area contributed by atoms with Crippen molar-refractivity contribution in [3.05, 3.63) is 65.5 Å². The number of ether oxygens (including phenoxy) is 1. The van der Waals surface area contributed by atoms with Gasteiger partial charge in [-0.05, 0) is 37.5 Å². The van der Waals surface area contributed by atoms with Crippen molar-refractivity contribution >= 4 is 6.03 Å². The van der Waals surface area contributed by atoms with E-state index in [4.69, 9.17) is 4.74 Å². The molecule has 1 aliphatic carbocycles. The fourth-order valence-corrected chi connectivity index (χ4v) is 2.70. The van der Waals surface area contributed by atoms with E-state index in [9.17, 15) is 9.18 Å². The van der Waals surface area contributed by atoms with Crippen molar-refractivity contribution in [2.45, 2.75) is 32.4 Å². The largest absolute Gasteiger partial charge is 0.491 e. The summed E-state index contributed by atoms with van der Waals surface area (Å²) in [4.78, 5) is 14.2. The van der Waals surface area contributed by atoms with Crippen molar-refractivity contribution < 1.29 is 13.9 Å². The van der Waals surface area contributed by atoms with Crippen LogP contribution in [0.5, 0.6) is 5.75 Å². The molecule has 1 aliphatic rings. The predicted octanol–water partition coefficient (Wildman–Crippen LogP) is 3.89. The smallest absolute Gasteiger partial charge is 0.318 e. The Morgan fingerprint density at radius 1 is 1.20 bits per heavy atom. The standard InChI is InChI=1S/C20H23FN2O2/c1-15-6-2-5-9-19(15)25-13-12-22-20(24)23(17-10-11-17)14-16-7-3-4-8-18(16)21/h2-9,17H,10-14H2,1H3,(H,22,24). The van der Waals surface area contributed by atoms with Crippen molar-refractivity contribution in [3.8, 4) is 5.75 Å². The topological polar surface area (TPSA) is 41.6 Å². The van der Waals surface area contributed by atoms with Crippen LogP contribution in [0.4, 0.5) is 9.18 Å². The number of halogens is 1. The molecule has 3 rings (SSSR count). The highest BCUT2D eigenvalue weighted by Gasteiger charge is 2.32. The van der Waals surface area contributed by atoms with Gasteiger partial charge in [-0.1, -0.05) is 36.4 Å². The van der Waals surface area contributed by atoms with E-state index in [1.165, 1.54) is 6.07 Å². The minimum atomic E-state index is -0.274. The average Bonchev–Trinajstić information content (AvgIpc) is 3.44. The summed E-state index contributed by atoms with van der Waals surface area (Å²) in [7, 11) is 0. The number of aryl methyl sites for hydroxylation is 1. The van der Waals surface area contributed by atoms with Crippen LogP contribution in [0, 0.1) is 12.7 Å². The van der Waals surface area contributed by atoms with Gasteiger partial charge in [0.05, 0.1) is 13.1 Å². The Morgan fingerprint density at radius 2 is 1.92 bits per heavy atom. The second-order valence-electron chi connectivity index (χ2n) is 6.30. The third kappa shape index (κ3) is 4.72. The van der Waals surface area contributed by atoms with Crippen LogP contribution in [0.3, 0.4) is 0 Å². The zero-order valence-corrected chi connectivity index (χ0v) is 14.4. The van der Waals surface area contributed by atoms with Crippen LogP contribution in [-0.2, 0) is 6.54 Å². The number of amides is 2. The van der Waals surface area contributed by atoms with Crippen LogP contribution < -0.4 is 10.1 Å². The van der Waals surface area contributed by atoms with Crippen LogP contribution in [0.25, 0.3) is 0 Å². The maximum atomic E-state index is 13.9. The summed E-state index contributed by atoms with van der Waals surface area (Å²) in [5, 5.41) is 2.87. The van der Waals surface area contributed by atoms with Gasteiger partial charge in [-0.25, -0.2) is 9.18 Å². The van der Waals surface area contributed by atoms with Gasteiger partial charge in [-0.3, -0.25) is 0 Å². The molecule has 0 atom stereocenters. The van der Waals surface area contributed by atoms with Gasteiger partial charge in [0.15, 0.2) is 0 Å². The monoisotopic (exact) mass is 342 g/mol. The zero-order chi connectivity index (χ0) is 17.6. The molecule has 0 aromatic heterocycles. The molecule has 132 valence electrons. The fourth-order valence-electron chi connectivity index (χ4n) is 2.70. The first-order valence-corrected chi connectivity index (χ1v) is 8.61. The van der Waals surface area contributed by atoms with E-state index in [0.29, 0.717) is 25.3 Å². The molecule has 0 radical (unpaired) electrons. The Hall–Kier alpha value is -2.56. The van der Waals surface area contributed by atoms with Crippen molar-refractivity contribution in [2.75, 3.05) is 13.2 Å². The lowest BCUT2D eigenvalue weighted by Crippen LogP contribution is -2.42. The first-order valence-electron chi connectivity index (χ1n) is 8.61. The molecule has 1 N–H and O–H groups in total. The summed E-state index contributed by atoms with van der Waals surface area (Å²) < 4.78 is 19.5. The van der Waals surface area contributed by atoms with E-state index in [2.05, 4.69) is 5.32 Å². The number of carbonyl (C=O) groups excluding carboxylic acids is 1. The lowest BCUT2D eigenvalue weighted by atomic mass is 10.2. The van der Waals surface area contributed by atoms with Gasteiger partial charge in [0.2, 0.25) is 0 Å². The number of para-hydroxylation sites is 1. The summed E-state index contributed by atoms with van der Waals surface area (Å²) in [6.07, 6.45) is 1.95. The van der Waals surface area contributed by atoms with E-state index in [1.54, 1.807) is 23.1 Å². The second-order valence-corrected chi connectivity index (χ2v) is 6.30. The summed E-state index contributed by atoms with van der Waals surface area (Å²) in [5.74, 6) is 0.547. The molecule has 2 aromatic carbocycles. The Kier molecular flexibility index (Phi) is 5.53. The van der Waals surface area contributed by atoms with Gasteiger partial charge in [0.1, 0.15) is 18.2 Å². The zero-order valence-electron chi connectivity index (χ0n) is 14.4. The minimum absolute atomic E-state index is 0.167. The fraction of sp³-hybridized carbons (Fsp3) is 0.350. The van der Waals surface area contributed by atoms with E-state index >= 15 is 0 Å². The number of rotatable bonds is 7. The lowest BCUT2D eigenvalue weighted by Gasteiger charge is -2.23. The van der Waals surface area contributed by atoms with Gasteiger partial charge in [0, 0.05) is 11.6 Å². The quantitative estimate of drug-likeness (QED) is 0.776. The van der Waals surface area contributed by atoms with Gasteiger partial charge < -0.3 is 15.0 Å². The average molecular weight is 342 g/mol. The molecule has 0 spiro atoms. The third-order valence-electron chi connectivity index (χ3n) is 4.28. The van der Waals surface area contributed by atoms with E-state index in [0.717, 1.165) is 24.2 Å². The summed E-state index contributed by atoms with van der Waals surface area (Å²) in [6, 6.07) is 14.4. The number of urea groups is 1. The molecule has 1 saturated carbocycles. The SMILES string of the molecule is Cc1ccccc1OCCNC(=O)N(Cc1ccccc1F)C1CC1. The molecule has 0 bridgehead atoms. The number of hydrogen-bond acceptors (Lipinski definition) is 2. The molecule has 0 heterocycles. The van der Waals surface area contributed by atoms with Crippen molar-refractivity contribution in [1.82, 2.24) is 10.2 Å². The van der Waals surface area contributed by atoms with Gasteiger partial charge in [-0.15, -0.1) is 0 Å². The van der Waals surface area contributed by atoms with Crippen molar-refractivity contribution in [3.63, 3.8) is 0 Å². The second kappa shape index (κ2) is 8.01. The number of benzene rings is 2. The first-order chi connectivity index (χ1) is 12.1. The van der Waals surface area contributed by atoms with Gasteiger partial charge >= 0.3 is 6.03 Å². The molecule has 0 unspecified atom stereocenters. The molecule has 2 aromatic rings. The van der Waals surface area contributed by atoms with Crippen molar-refractivity contribution in [1.29, 1.82) is 0 Å². The Labute approximate surface area is 147 Å². The third-order valence-corrected chi connectivity index (χ3v) is 4.28. The molecule has 1 fully saturated rings. The number of hydrogen-bond donors (Lipinski definition) is 1. The van der Waals surface area contributed by atoms with E-state index < -0.39 is 0 Å². The van der Waals surface area contributed by atoms with E-state index in [1.807, 2.05) is 31.2 Å².